The van der Waals surface area contributed by atoms with E-state index >= 15 is 0 Å². The molecule has 3 rings (SSSR count). The maximum atomic E-state index is 12.7. The van der Waals surface area contributed by atoms with Crippen molar-refractivity contribution in [1.82, 2.24) is 15.1 Å². The summed E-state index contributed by atoms with van der Waals surface area (Å²) in [6.45, 7) is 7.34. The minimum Gasteiger partial charge on any atom is -0.346 e. The first-order valence-corrected chi connectivity index (χ1v) is 10.7. The van der Waals surface area contributed by atoms with Crippen LogP contribution in [0.1, 0.15) is 59.2 Å². The second-order valence-corrected chi connectivity index (χ2v) is 7.85. The lowest BCUT2D eigenvalue weighted by Gasteiger charge is -2.15. The zero-order valence-electron chi connectivity index (χ0n) is 19.1. The van der Waals surface area contributed by atoms with Gasteiger partial charge < -0.3 is 10.6 Å². The lowest BCUT2D eigenvalue weighted by atomic mass is 10.1. The number of hydrogen-bond donors (Lipinski definition) is 2. The molecule has 2 N–H and O–H groups in total. The van der Waals surface area contributed by atoms with Crippen LogP contribution in [0.4, 0.5) is 11.4 Å². The van der Waals surface area contributed by atoms with Gasteiger partial charge in [0.25, 0.3) is 5.91 Å². The van der Waals surface area contributed by atoms with E-state index in [1.165, 1.54) is 0 Å². The van der Waals surface area contributed by atoms with Crippen LogP contribution >= 0.6 is 0 Å². The van der Waals surface area contributed by atoms with Gasteiger partial charge in [-0.1, -0.05) is 31.2 Å². The van der Waals surface area contributed by atoms with Gasteiger partial charge in [0.2, 0.25) is 5.91 Å². The molecule has 33 heavy (non-hydrogen) atoms. The zero-order chi connectivity index (χ0) is 24.1. The minimum absolute atomic E-state index is 0.0285. The molecule has 0 aliphatic rings. The van der Waals surface area contributed by atoms with E-state index in [1.54, 1.807) is 37.6 Å². The van der Waals surface area contributed by atoms with Crippen molar-refractivity contribution in [3.05, 3.63) is 86.7 Å². The highest BCUT2D eigenvalue weighted by Crippen LogP contribution is 2.23. The first-order valence-electron chi connectivity index (χ1n) is 10.7. The van der Waals surface area contributed by atoms with Crippen LogP contribution in [0, 0.1) is 24.0 Å². The Balaban J connectivity index is 1.63. The molecular weight excluding hydrogens is 422 g/mol. The van der Waals surface area contributed by atoms with Crippen LogP contribution in [-0.4, -0.2) is 26.5 Å². The Morgan fingerprint density at radius 3 is 2.27 bits per heavy atom. The first-order chi connectivity index (χ1) is 15.7. The highest BCUT2D eigenvalue weighted by molar-refractivity contribution is 5.94. The number of carbonyl (C=O) groups excluding carboxylic acids is 2. The molecule has 1 atom stereocenters. The molecule has 0 fully saturated rings. The number of nitrogens with one attached hydrogen (secondary N) is 2. The predicted octanol–water partition coefficient (Wildman–Crippen LogP) is 4.30. The summed E-state index contributed by atoms with van der Waals surface area (Å²) in [5.41, 5.74) is 3.92. The van der Waals surface area contributed by atoms with Crippen molar-refractivity contribution in [3.8, 4) is 0 Å². The highest BCUT2D eigenvalue weighted by atomic mass is 16.6. The van der Waals surface area contributed by atoms with Crippen LogP contribution in [0.3, 0.4) is 0 Å². The van der Waals surface area contributed by atoms with Gasteiger partial charge in [-0.05, 0) is 56.2 Å². The van der Waals surface area contributed by atoms with Crippen LogP contribution in [0.15, 0.2) is 48.5 Å². The molecule has 1 unspecified atom stereocenters. The molecule has 2 aromatic carbocycles. The zero-order valence-corrected chi connectivity index (χ0v) is 19.1. The summed E-state index contributed by atoms with van der Waals surface area (Å²) in [6, 6.07) is 14.2. The summed E-state index contributed by atoms with van der Waals surface area (Å²) < 4.78 is 1.59. The van der Waals surface area contributed by atoms with Gasteiger partial charge in [0.05, 0.1) is 17.5 Å². The Morgan fingerprint density at radius 2 is 1.73 bits per heavy atom. The number of carbonyl (C=O) groups is 2. The number of benzene rings is 2. The first kappa shape index (κ1) is 23.6. The van der Waals surface area contributed by atoms with Crippen molar-refractivity contribution in [1.29, 1.82) is 0 Å². The number of nitrogens with zero attached hydrogens (tertiary/aromatic N) is 3. The molecule has 1 heterocycles. The van der Waals surface area contributed by atoms with Gasteiger partial charge in [0.1, 0.15) is 11.4 Å². The van der Waals surface area contributed by atoms with E-state index in [2.05, 4.69) is 15.7 Å². The van der Waals surface area contributed by atoms with Gasteiger partial charge in [0, 0.05) is 17.7 Å². The van der Waals surface area contributed by atoms with Crippen molar-refractivity contribution in [2.45, 2.75) is 46.7 Å². The molecule has 0 spiro atoms. The normalized spacial score (nSPS) is 11.6. The van der Waals surface area contributed by atoms with Gasteiger partial charge in [0.15, 0.2) is 0 Å². The number of aromatic nitrogens is 2. The van der Waals surface area contributed by atoms with E-state index in [9.17, 15) is 19.7 Å². The highest BCUT2D eigenvalue weighted by Gasteiger charge is 2.21. The van der Waals surface area contributed by atoms with E-state index in [0.29, 0.717) is 35.6 Å². The van der Waals surface area contributed by atoms with E-state index in [1.807, 2.05) is 43.3 Å². The minimum atomic E-state index is -0.419. The largest absolute Gasteiger partial charge is 0.346 e. The van der Waals surface area contributed by atoms with Crippen molar-refractivity contribution < 1.29 is 14.5 Å². The van der Waals surface area contributed by atoms with Crippen LogP contribution in [0.25, 0.3) is 0 Å². The Morgan fingerprint density at radius 1 is 1.09 bits per heavy atom. The van der Waals surface area contributed by atoms with Crippen LogP contribution in [-0.2, 0) is 11.3 Å². The molecule has 2 amide bonds. The molecule has 0 aliphatic heterocycles. The fourth-order valence-electron chi connectivity index (χ4n) is 3.51. The van der Waals surface area contributed by atoms with E-state index in [0.717, 1.165) is 11.1 Å². The standard InChI is InChI=1S/C24H27N5O4/c1-5-22(30)26-21-12-10-19(11-13-21)15(2)25-24(31)20-8-6-18(7-9-20)14-28-17(4)23(29(32)33)16(3)27-28/h6-13,15H,5,14H2,1-4H3,(H,25,31)(H,26,30). The van der Waals surface area contributed by atoms with Gasteiger partial charge in [-0.2, -0.15) is 5.10 Å². The average Bonchev–Trinajstić information content (AvgIpc) is 3.07. The van der Waals surface area contributed by atoms with Crippen LogP contribution < -0.4 is 10.6 Å². The molecule has 9 nitrogen and oxygen atoms in total. The maximum Gasteiger partial charge on any atom is 0.312 e. The summed E-state index contributed by atoms with van der Waals surface area (Å²) in [5.74, 6) is -0.261. The third kappa shape index (κ3) is 5.62. The quantitative estimate of drug-likeness (QED) is 0.393. The molecule has 0 saturated heterocycles. The van der Waals surface area contributed by atoms with Crippen LogP contribution in [0.2, 0.25) is 0 Å². The fraction of sp³-hybridized carbons (Fsp3) is 0.292. The van der Waals surface area contributed by atoms with Gasteiger partial charge in [-0.3, -0.25) is 24.4 Å². The molecule has 1 aromatic heterocycles. The second kappa shape index (κ2) is 10.1. The average molecular weight is 450 g/mol. The van der Waals surface area contributed by atoms with Gasteiger partial charge >= 0.3 is 5.69 Å². The number of aryl methyl sites for hydroxylation is 1. The number of hydrogen-bond acceptors (Lipinski definition) is 5. The molecule has 0 aliphatic carbocycles. The summed E-state index contributed by atoms with van der Waals surface area (Å²) in [5, 5.41) is 21.2. The van der Waals surface area contributed by atoms with Crippen molar-refractivity contribution in [2.75, 3.05) is 5.32 Å². The van der Waals surface area contributed by atoms with E-state index in [4.69, 9.17) is 0 Å². The monoisotopic (exact) mass is 449 g/mol. The molecule has 0 bridgehead atoms. The molecule has 0 saturated carbocycles. The second-order valence-electron chi connectivity index (χ2n) is 7.85. The smallest absolute Gasteiger partial charge is 0.312 e. The van der Waals surface area contributed by atoms with Crippen molar-refractivity contribution in [3.63, 3.8) is 0 Å². The Hall–Kier alpha value is -4.01. The van der Waals surface area contributed by atoms with Gasteiger partial charge in [-0.15, -0.1) is 0 Å². The van der Waals surface area contributed by atoms with Gasteiger partial charge in [-0.25, -0.2) is 0 Å². The Labute approximate surface area is 192 Å². The van der Waals surface area contributed by atoms with Crippen LogP contribution in [0.5, 0.6) is 0 Å². The SMILES string of the molecule is CCC(=O)Nc1ccc(C(C)NC(=O)c2ccc(Cn3nc(C)c([N+](=O)[O-])c3C)cc2)cc1. The van der Waals surface area contributed by atoms with E-state index < -0.39 is 4.92 Å². The fourth-order valence-corrected chi connectivity index (χ4v) is 3.51. The molecule has 9 heteroatoms. The topological polar surface area (TPSA) is 119 Å². The number of rotatable bonds is 8. The summed E-state index contributed by atoms with van der Waals surface area (Å²) in [7, 11) is 0. The maximum absolute atomic E-state index is 12.7. The summed E-state index contributed by atoms with van der Waals surface area (Å²) >= 11 is 0. The summed E-state index contributed by atoms with van der Waals surface area (Å²) in [6.07, 6.45) is 0.411. The predicted molar refractivity (Wildman–Crippen MR) is 125 cm³/mol. The molecule has 3 aromatic rings. The Bertz CT molecular complexity index is 1170. The lowest BCUT2D eigenvalue weighted by Crippen LogP contribution is -2.26. The number of anilines is 1. The number of amides is 2. The van der Waals surface area contributed by atoms with Crippen molar-refractivity contribution >= 4 is 23.2 Å². The third-order valence-corrected chi connectivity index (χ3v) is 5.44. The lowest BCUT2D eigenvalue weighted by molar-refractivity contribution is -0.386. The summed E-state index contributed by atoms with van der Waals surface area (Å²) in [4.78, 5) is 34.9. The van der Waals surface area contributed by atoms with E-state index in [-0.39, 0.29) is 23.5 Å². The molecule has 172 valence electrons. The Kier molecular flexibility index (Phi) is 7.22. The van der Waals surface area contributed by atoms with Crippen molar-refractivity contribution in [2.24, 2.45) is 0 Å². The number of nitro groups is 1. The molecule has 0 radical (unpaired) electrons. The third-order valence-electron chi connectivity index (χ3n) is 5.44. The molecular formula is C24H27N5O4.